The molecule has 2 heteroatoms. The van der Waals surface area contributed by atoms with Crippen LogP contribution in [0.3, 0.4) is 0 Å². The molecule has 0 saturated heterocycles. The smallest absolute Gasteiger partial charge is 0.0453 e. The van der Waals surface area contributed by atoms with E-state index < -0.39 is 0 Å². The first-order valence-electron chi connectivity index (χ1n) is 5.63. The lowest BCUT2D eigenvalue weighted by Gasteiger charge is -2.33. The van der Waals surface area contributed by atoms with Crippen molar-refractivity contribution in [1.82, 2.24) is 5.32 Å². The molecule has 0 atom stereocenters. The number of halogens is 1. The van der Waals surface area contributed by atoms with Crippen LogP contribution in [0.2, 0.25) is 5.02 Å². The Morgan fingerprint density at radius 2 is 2.13 bits per heavy atom. The van der Waals surface area contributed by atoms with Crippen molar-refractivity contribution in [3.05, 3.63) is 34.3 Å². The van der Waals surface area contributed by atoms with Gasteiger partial charge in [-0.15, -0.1) is 0 Å². The molecule has 82 valence electrons. The van der Waals surface area contributed by atoms with E-state index in [-0.39, 0.29) is 0 Å². The maximum Gasteiger partial charge on any atom is 0.0453 e. The number of rotatable bonds is 3. The standard InChI is InChI=1S/C13H18ClN/c1-9-3-4-11(13(14)7-9)8-15-12-5-10(2)6-12/h3-4,7,10,12,15H,5-6,8H2,1-2H3. The Labute approximate surface area is 96.8 Å². The molecule has 1 N–H and O–H groups in total. The van der Waals surface area contributed by atoms with E-state index in [1.54, 1.807) is 0 Å². The van der Waals surface area contributed by atoms with Crippen LogP contribution in [0.1, 0.15) is 30.9 Å². The number of nitrogens with one attached hydrogen (secondary N) is 1. The van der Waals surface area contributed by atoms with Gasteiger partial charge < -0.3 is 5.32 Å². The van der Waals surface area contributed by atoms with Gasteiger partial charge in [0.1, 0.15) is 0 Å². The van der Waals surface area contributed by atoms with E-state index in [2.05, 4.69) is 31.3 Å². The summed E-state index contributed by atoms with van der Waals surface area (Å²) in [6.45, 7) is 5.27. The maximum atomic E-state index is 6.16. The summed E-state index contributed by atoms with van der Waals surface area (Å²) < 4.78 is 0. The molecule has 1 aliphatic rings. The first-order chi connectivity index (χ1) is 7.15. The van der Waals surface area contributed by atoms with Gasteiger partial charge in [0.2, 0.25) is 0 Å². The van der Waals surface area contributed by atoms with Crippen molar-refractivity contribution in [3.63, 3.8) is 0 Å². The van der Waals surface area contributed by atoms with Crippen LogP contribution in [0.25, 0.3) is 0 Å². The molecule has 0 bridgehead atoms. The molecule has 1 aromatic rings. The molecule has 15 heavy (non-hydrogen) atoms. The molecule has 0 aromatic heterocycles. The Morgan fingerprint density at radius 3 is 2.73 bits per heavy atom. The lowest BCUT2D eigenvalue weighted by Crippen LogP contribution is -2.39. The lowest BCUT2D eigenvalue weighted by molar-refractivity contribution is 0.240. The summed E-state index contributed by atoms with van der Waals surface area (Å²) in [5, 5.41) is 4.43. The van der Waals surface area contributed by atoms with Gasteiger partial charge in [0, 0.05) is 17.6 Å². The third kappa shape index (κ3) is 2.73. The van der Waals surface area contributed by atoms with Gasteiger partial charge in [0.15, 0.2) is 0 Å². The molecular weight excluding hydrogens is 206 g/mol. The van der Waals surface area contributed by atoms with Gasteiger partial charge in [-0.3, -0.25) is 0 Å². The highest BCUT2D eigenvalue weighted by atomic mass is 35.5. The first-order valence-corrected chi connectivity index (χ1v) is 6.01. The topological polar surface area (TPSA) is 12.0 Å². The van der Waals surface area contributed by atoms with Crippen molar-refractivity contribution in [2.24, 2.45) is 5.92 Å². The fourth-order valence-corrected chi connectivity index (χ4v) is 2.42. The molecule has 1 aromatic carbocycles. The van der Waals surface area contributed by atoms with Crippen LogP contribution in [0, 0.1) is 12.8 Å². The Balaban J connectivity index is 1.88. The summed E-state index contributed by atoms with van der Waals surface area (Å²) in [6, 6.07) is 6.97. The molecule has 0 radical (unpaired) electrons. The van der Waals surface area contributed by atoms with Crippen molar-refractivity contribution in [3.8, 4) is 0 Å². The minimum atomic E-state index is 0.706. The fraction of sp³-hybridized carbons (Fsp3) is 0.538. The largest absolute Gasteiger partial charge is 0.310 e. The average molecular weight is 224 g/mol. The van der Waals surface area contributed by atoms with Crippen LogP contribution in [0.15, 0.2) is 18.2 Å². The average Bonchev–Trinajstić information content (AvgIpc) is 2.13. The highest BCUT2D eigenvalue weighted by molar-refractivity contribution is 6.31. The molecular formula is C13H18ClN. The van der Waals surface area contributed by atoms with E-state index in [0.29, 0.717) is 6.04 Å². The van der Waals surface area contributed by atoms with Crippen molar-refractivity contribution in [2.75, 3.05) is 0 Å². The third-order valence-electron chi connectivity index (χ3n) is 3.16. The maximum absolute atomic E-state index is 6.16. The Bertz CT molecular complexity index is 342. The highest BCUT2D eigenvalue weighted by Gasteiger charge is 2.24. The zero-order valence-corrected chi connectivity index (χ0v) is 10.1. The molecule has 0 amide bonds. The second-order valence-electron chi connectivity index (χ2n) is 4.75. The third-order valence-corrected chi connectivity index (χ3v) is 3.52. The molecule has 0 heterocycles. The van der Waals surface area contributed by atoms with Gasteiger partial charge in [0.25, 0.3) is 0 Å². The van der Waals surface area contributed by atoms with Gasteiger partial charge in [0.05, 0.1) is 0 Å². The van der Waals surface area contributed by atoms with E-state index in [1.165, 1.54) is 24.0 Å². The van der Waals surface area contributed by atoms with E-state index in [1.807, 2.05) is 6.07 Å². The summed E-state index contributed by atoms with van der Waals surface area (Å²) in [5.74, 6) is 0.899. The number of hydrogen-bond donors (Lipinski definition) is 1. The monoisotopic (exact) mass is 223 g/mol. The highest BCUT2D eigenvalue weighted by Crippen LogP contribution is 2.27. The molecule has 1 aliphatic carbocycles. The summed E-state index contributed by atoms with van der Waals surface area (Å²) in [7, 11) is 0. The lowest BCUT2D eigenvalue weighted by atomic mass is 9.82. The molecule has 0 unspecified atom stereocenters. The second-order valence-corrected chi connectivity index (χ2v) is 5.16. The minimum Gasteiger partial charge on any atom is -0.310 e. The number of hydrogen-bond acceptors (Lipinski definition) is 1. The first kappa shape index (κ1) is 11.0. The predicted molar refractivity (Wildman–Crippen MR) is 65.2 cm³/mol. The predicted octanol–water partition coefficient (Wildman–Crippen LogP) is 3.54. The van der Waals surface area contributed by atoms with Crippen LogP contribution < -0.4 is 5.32 Å². The number of aryl methyl sites for hydroxylation is 1. The van der Waals surface area contributed by atoms with Gasteiger partial charge in [-0.1, -0.05) is 30.7 Å². The normalized spacial score (nSPS) is 25.0. The molecule has 0 aliphatic heterocycles. The van der Waals surface area contributed by atoms with Crippen LogP contribution in [0.5, 0.6) is 0 Å². The molecule has 2 rings (SSSR count). The summed E-state index contributed by atoms with van der Waals surface area (Å²) in [4.78, 5) is 0. The fourth-order valence-electron chi connectivity index (χ4n) is 2.12. The Kier molecular flexibility index (Phi) is 3.32. The van der Waals surface area contributed by atoms with Gasteiger partial charge in [-0.05, 0) is 42.9 Å². The SMILES string of the molecule is Cc1ccc(CNC2CC(C)C2)c(Cl)c1. The Morgan fingerprint density at radius 1 is 1.40 bits per heavy atom. The van der Waals surface area contributed by atoms with Crippen molar-refractivity contribution in [2.45, 2.75) is 39.3 Å². The molecule has 1 saturated carbocycles. The van der Waals surface area contributed by atoms with Crippen LogP contribution in [-0.2, 0) is 6.54 Å². The van der Waals surface area contributed by atoms with Crippen molar-refractivity contribution < 1.29 is 0 Å². The van der Waals surface area contributed by atoms with Crippen LogP contribution >= 0.6 is 11.6 Å². The second kappa shape index (κ2) is 4.54. The van der Waals surface area contributed by atoms with Gasteiger partial charge in [-0.25, -0.2) is 0 Å². The van der Waals surface area contributed by atoms with E-state index in [9.17, 15) is 0 Å². The summed E-state index contributed by atoms with van der Waals surface area (Å²) in [6.07, 6.45) is 2.62. The summed E-state index contributed by atoms with van der Waals surface area (Å²) in [5.41, 5.74) is 2.43. The zero-order chi connectivity index (χ0) is 10.8. The minimum absolute atomic E-state index is 0.706. The van der Waals surface area contributed by atoms with Crippen molar-refractivity contribution >= 4 is 11.6 Å². The number of benzene rings is 1. The van der Waals surface area contributed by atoms with Gasteiger partial charge in [-0.2, -0.15) is 0 Å². The van der Waals surface area contributed by atoms with Gasteiger partial charge >= 0.3 is 0 Å². The molecule has 1 fully saturated rings. The molecule has 0 spiro atoms. The van der Waals surface area contributed by atoms with Crippen molar-refractivity contribution in [1.29, 1.82) is 0 Å². The molecule has 1 nitrogen and oxygen atoms in total. The quantitative estimate of drug-likeness (QED) is 0.827. The zero-order valence-electron chi connectivity index (χ0n) is 9.39. The van der Waals surface area contributed by atoms with Crippen LogP contribution in [0.4, 0.5) is 0 Å². The van der Waals surface area contributed by atoms with E-state index in [0.717, 1.165) is 17.5 Å². The van der Waals surface area contributed by atoms with E-state index >= 15 is 0 Å². The Hall–Kier alpha value is -0.530. The van der Waals surface area contributed by atoms with Crippen LogP contribution in [-0.4, -0.2) is 6.04 Å². The van der Waals surface area contributed by atoms with E-state index in [4.69, 9.17) is 11.6 Å². The summed E-state index contributed by atoms with van der Waals surface area (Å²) >= 11 is 6.16.